The summed E-state index contributed by atoms with van der Waals surface area (Å²) < 4.78 is 5.40. The summed E-state index contributed by atoms with van der Waals surface area (Å²) in [6, 6.07) is 15.7. The van der Waals surface area contributed by atoms with E-state index in [1.807, 2.05) is 12.1 Å². The van der Waals surface area contributed by atoms with Gasteiger partial charge >= 0.3 is 5.97 Å². The molecule has 0 bridgehead atoms. The van der Waals surface area contributed by atoms with E-state index in [0.29, 0.717) is 27.7 Å². The molecule has 4 nitrogen and oxygen atoms in total. The molecule has 0 aliphatic heterocycles. The molecule has 1 heterocycles. The van der Waals surface area contributed by atoms with Crippen molar-refractivity contribution in [3.8, 4) is 11.3 Å². The van der Waals surface area contributed by atoms with Gasteiger partial charge in [-0.25, -0.2) is 4.79 Å². The molecule has 0 fully saturated rings. The molecule has 22 heavy (non-hydrogen) atoms. The van der Waals surface area contributed by atoms with Crippen LogP contribution in [-0.2, 0) is 0 Å². The number of carbonyl (C=O) groups is 1. The molecule has 110 valence electrons. The van der Waals surface area contributed by atoms with Gasteiger partial charge in [0.15, 0.2) is 0 Å². The standard InChI is InChI=1S/C17H12ClNO3/c18-13-7-1-2-8-14(13)19-16-11(15-9-4-10-22-15)5-3-6-12(16)17(20)21/h1-10,19H,(H,20,21). The Morgan fingerprint density at radius 1 is 1.05 bits per heavy atom. The van der Waals surface area contributed by atoms with Gasteiger partial charge in [-0.1, -0.05) is 29.8 Å². The van der Waals surface area contributed by atoms with Crippen LogP contribution in [0.4, 0.5) is 11.4 Å². The third-order valence-corrected chi connectivity index (χ3v) is 3.54. The normalized spacial score (nSPS) is 10.4. The van der Waals surface area contributed by atoms with Gasteiger partial charge in [0.1, 0.15) is 5.76 Å². The highest BCUT2D eigenvalue weighted by molar-refractivity contribution is 6.33. The van der Waals surface area contributed by atoms with Gasteiger partial charge in [0.2, 0.25) is 0 Å². The van der Waals surface area contributed by atoms with Crippen LogP contribution in [0.5, 0.6) is 0 Å². The second kappa shape index (κ2) is 5.95. The van der Waals surface area contributed by atoms with Crippen molar-refractivity contribution in [1.82, 2.24) is 0 Å². The van der Waals surface area contributed by atoms with Gasteiger partial charge in [-0.3, -0.25) is 0 Å². The first-order valence-corrected chi connectivity index (χ1v) is 6.96. The number of furan rings is 1. The molecule has 0 spiro atoms. The summed E-state index contributed by atoms with van der Waals surface area (Å²) in [5.74, 6) is -0.444. The summed E-state index contributed by atoms with van der Waals surface area (Å²) in [6.45, 7) is 0. The molecule has 0 atom stereocenters. The van der Waals surface area contributed by atoms with Gasteiger partial charge in [-0.15, -0.1) is 0 Å². The first kappa shape index (κ1) is 14.2. The molecule has 3 aromatic rings. The van der Waals surface area contributed by atoms with Crippen LogP contribution in [0.1, 0.15) is 10.4 Å². The van der Waals surface area contributed by atoms with Crippen molar-refractivity contribution < 1.29 is 14.3 Å². The summed E-state index contributed by atoms with van der Waals surface area (Å²) in [5, 5.41) is 13.0. The van der Waals surface area contributed by atoms with Crippen LogP contribution in [0.3, 0.4) is 0 Å². The number of anilines is 2. The highest BCUT2D eigenvalue weighted by Crippen LogP contribution is 2.35. The third kappa shape index (κ3) is 2.69. The Balaban J connectivity index is 2.15. The zero-order valence-electron chi connectivity index (χ0n) is 11.4. The molecule has 0 amide bonds. The van der Waals surface area contributed by atoms with Gasteiger partial charge in [0, 0.05) is 5.56 Å². The van der Waals surface area contributed by atoms with Crippen LogP contribution in [0.15, 0.2) is 65.3 Å². The van der Waals surface area contributed by atoms with E-state index >= 15 is 0 Å². The minimum absolute atomic E-state index is 0.147. The quantitative estimate of drug-likeness (QED) is 0.708. The van der Waals surface area contributed by atoms with Crippen LogP contribution in [0.25, 0.3) is 11.3 Å². The van der Waals surface area contributed by atoms with Crippen LogP contribution < -0.4 is 5.32 Å². The first-order chi connectivity index (χ1) is 10.7. The topological polar surface area (TPSA) is 62.5 Å². The van der Waals surface area contributed by atoms with Crippen molar-refractivity contribution in [2.24, 2.45) is 0 Å². The van der Waals surface area contributed by atoms with E-state index in [1.165, 1.54) is 6.07 Å². The molecule has 2 N–H and O–H groups in total. The lowest BCUT2D eigenvalue weighted by Crippen LogP contribution is -2.04. The van der Waals surface area contributed by atoms with Gasteiger partial charge in [0.05, 0.1) is 28.2 Å². The Labute approximate surface area is 132 Å². The van der Waals surface area contributed by atoms with Gasteiger partial charge in [-0.05, 0) is 36.4 Å². The highest BCUT2D eigenvalue weighted by Gasteiger charge is 2.17. The van der Waals surface area contributed by atoms with Crippen molar-refractivity contribution >= 4 is 28.9 Å². The summed E-state index contributed by atoms with van der Waals surface area (Å²) in [6.07, 6.45) is 1.54. The number of hydrogen-bond acceptors (Lipinski definition) is 3. The number of halogens is 1. The SMILES string of the molecule is O=C(O)c1cccc(-c2ccco2)c1Nc1ccccc1Cl. The number of benzene rings is 2. The Kier molecular flexibility index (Phi) is 3.85. The Morgan fingerprint density at radius 2 is 1.86 bits per heavy atom. The summed E-state index contributed by atoms with van der Waals surface area (Å²) in [5.41, 5.74) is 1.88. The van der Waals surface area contributed by atoms with E-state index in [2.05, 4.69) is 5.32 Å². The van der Waals surface area contributed by atoms with Crippen LogP contribution in [-0.4, -0.2) is 11.1 Å². The first-order valence-electron chi connectivity index (χ1n) is 6.58. The summed E-state index contributed by atoms with van der Waals surface area (Å²) in [7, 11) is 0. The molecule has 0 unspecified atom stereocenters. The second-order valence-electron chi connectivity index (χ2n) is 4.62. The fraction of sp³-hybridized carbons (Fsp3) is 0. The van der Waals surface area contributed by atoms with E-state index in [4.69, 9.17) is 16.0 Å². The second-order valence-corrected chi connectivity index (χ2v) is 5.02. The molecule has 0 aliphatic rings. The van der Waals surface area contributed by atoms with Crippen molar-refractivity contribution in [3.05, 3.63) is 71.4 Å². The van der Waals surface area contributed by atoms with E-state index in [1.54, 1.807) is 42.7 Å². The van der Waals surface area contributed by atoms with Gasteiger partial charge in [-0.2, -0.15) is 0 Å². The summed E-state index contributed by atoms with van der Waals surface area (Å²) in [4.78, 5) is 11.5. The zero-order chi connectivity index (χ0) is 15.5. The average Bonchev–Trinajstić information content (AvgIpc) is 3.03. The molecular formula is C17H12ClNO3. The predicted molar refractivity (Wildman–Crippen MR) is 85.8 cm³/mol. The lowest BCUT2D eigenvalue weighted by molar-refractivity contribution is 0.0698. The largest absolute Gasteiger partial charge is 0.478 e. The number of carboxylic acids is 1. The van der Waals surface area contributed by atoms with E-state index in [0.717, 1.165) is 0 Å². The van der Waals surface area contributed by atoms with Crippen LogP contribution >= 0.6 is 11.6 Å². The molecular weight excluding hydrogens is 302 g/mol. The van der Waals surface area contributed by atoms with E-state index in [9.17, 15) is 9.90 Å². The minimum Gasteiger partial charge on any atom is -0.478 e. The Bertz CT molecular complexity index is 813. The third-order valence-electron chi connectivity index (χ3n) is 3.22. The molecule has 0 saturated carbocycles. The predicted octanol–water partition coefficient (Wildman–Crippen LogP) is 5.04. The zero-order valence-corrected chi connectivity index (χ0v) is 12.2. The van der Waals surface area contributed by atoms with E-state index < -0.39 is 5.97 Å². The van der Waals surface area contributed by atoms with Crippen LogP contribution in [0, 0.1) is 0 Å². The average molecular weight is 314 g/mol. The van der Waals surface area contributed by atoms with Gasteiger partial charge < -0.3 is 14.8 Å². The van der Waals surface area contributed by atoms with Crippen molar-refractivity contribution in [2.45, 2.75) is 0 Å². The van der Waals surface area contributed by atoms with Crippen molar-refractivity contribution in [1.29, 1.82) is 0 Å². The maximum atomic E-state index is 11.5. The Morgan fingerprint density at radius 3 is 2.55 bits per heavy atom. The lowest BCUT2D eigenvalue weighted by Gasteiger charge is -2.14. The number of aromatic carboxylic acids is 1. The van der Waals surface area contributed by atoms with E-state index in [-0.39, 0.29) is 5.56 Å². The smallest absolute Gasteiger partial charge is 0.337 e. The molecule has 0 saturated heterocycles. The van der Waals surface area contributed by atoms with Gasteiger partial charge in [0.25, 0.3) is 0 Å². The molecule has 3 rings (SSSR count). The highest BCUT2D eigenvalue weighted by atomic mass is 35.5. The van der Waals surface area contributed by atoms with Crippen LogP contribution in [0.2, 0.25) is 5.02 Å². The fourth-order valence-electron chi connectivity index (χ4n) is 2.20. The maximum Gasteiger partial charge on any atom is 0.337 e. The number of hydrogen-bond donors (Lipinski definition) is 2. The number of nitrogens with one attached hydrogen (secondary N) is 1. The molecule has 5 heteroatoms. The Hall–Kier alpha value is -2.72. The molecule has 2 aromatic carbocycles. The lowest BCUT2D eigenvalue weighted by atomic mass is 10.0. The fourth-order valence-corrected chi connectivity index (χ4v) is 2.38. The number of carboxylic acid groups (broad SMARTS) is 1. The molecule has 0 radical (unpaired) electrons. The van der Waals surface area contributed by atoms with Crippen molar-refractivity contribution in [3.63, 3.8) is 0 Å². The maximum absolute atomic E-state index is 11.5. The monoisotopic (exact) mass is 313 g/mol. The number of rotatable bonds is 4. The summed E-state index contributed by atoms with van der Waals surface area (Å²) >= 11 is 6.15. The van der Waals surface area contributed by atoms with Crippen molar-refractivity contribution in [2.75, 3.05) is 5.32 Å². The number of para-hydroxylation sites is 2. The molecule has 1 aromatic heterocycles. The minimum atomic E-state index is -1.03. The molecule has 0 aliphatic carbocycles.